The monoisotopic (exact) mass is 193 g/mol. The first-order valence-corrected chi connectivity index (χ1v) is 4.27. The Morgan fingerprint density at radius 2 is 1.77 bits per heavy atom. The third-order valence-electron chi connectivity index (χ3n) is 1.98. The second kappa shape index (κ2) is 7.37. The molecule has 0 aromatic carbocycles. The van der Waals surface area contributed by atoms with E-state index in [0.717, 1.165) is 12.8 Å². The van der Waals surface area contributed by atoms with Gasteiger partial charge in [0.1, 0.15) is 0 Å². The zero-order valence-electron chi connectivity index (χ0n) is 7.63. The minimum absolute atomic E-state index is 0. The summed E-state index contributed by atoms with van der Waals surface area (Å²) in [5, 5.41) is 17.6. The Morgan fingerprint density at radius 1 is 1.38 bits per heavy atom. The second-order valence-electron chi connectivity index (χ2n) is 3.00. The number of carboxylic acid groups (broad SMARTS) is 1. The molecule has 0 amide bonds. The minimum atomic E-state index is -1.14. The summed E-state index contributed by atoms with van der Waals surface area (Å²) in [6.07, 6.45) is 2.37. The van der Waals surface area contributed by atoms with Gasteiger partial charge in [-0.2, -0.15) is 5.26 Å². The molecule has 0 rings (SSSR count). The molecule has 0 aliphatic rings. The van der Waals surface area contributed by atoms with Gasteiger partial charge in [0.25, 0.3) is 0 Å². The van der Waals surface area contributed by atoms with E-state index in [9.17, 15) is 4.79 Å². The fraction of sp³-hybridized carbons (Fsp3) is 0.778. The summed E-state index contributed by atoms with van der Waals surface area (Å²) in [5.41, 5.74) is -1.14. The average molecular weight is 193 g/mol. The van der Waals surface area contributed by atoms with Crippen LogP contribution in [0.4, 0.5) is 0 Å². The predicted molar refractivity (Wildman–Crippen MR) is 52.6 cm³/mol. The van der Waals surface area contributed by atoms with E-state index in [1.165, 1.54) is 0 Å². The van der Waals surface area contributed by atoms with Crippen LogP contribution in [0.1, 0.15) is 39.5 Å². The summed E-state index contributed by atoms with van der Waals surface area (Å²) in [6, 6.07) is 1.92. The molecule has 1 N–H and O–H groups in total. The van der Waals surface area contributed by atoms with Crippen LogP contribution in [0.3, 0.4) is 0 Å². The van der Waals surface area contributed by atoms with Gasteiger partial charge in [-0.25, -0.2) is 0 Å². The van der Waals surface area contributed by atoms with Crippen LogP contribution >= 0.6 is 0 Å². The van der Waals surface area contributed by atoms with E-state index in [2.05, 4.69) is 0 Å². The van der Waals surface area contributed by atoms with Gasteiger partial charge in [-0.3, -0.25) is 4.79 Å². The van der Waals surface area contributed by atoms with Crippen molar-refractivity contribution in [3.63, 3.8) is 0 Å². The zero-order chi connectivity index (χ0) is 9.61. The van der Waals surface area contributed by atoms with Gasteiger partial charge >= 0.3 is 35.5 Å². The summed E-state index contributed by atoms with van der Waals surface area (Å²) in [6.45, 7) is 3.79. The standard InChI is InChI=1S/C9H15NO2.Na.H/c1-3-5-9(7-10,6-4-2)8(11)12;;/h3-6H2,1-2H3,(H,11,12);;. The number of nitriles is 1. The summed E-state index contributed by atoms with van der Waals surface area (Å²) < 4.78 is 0. The number of hydrogen-bond acceptors (Lipinski definition) is 2. The molecule has 4 heteroatoms. The predicted octanol–water partition coefficient (Wildman–Crippen LogP) is 1.53. The third-order valence-corrected chi connectivity index (χ3v) is 1.98. The van der Waals surface area contributed by atoms with Crippen LogP contribution in [0.2, 0.25) is 0 Å². The molecule has 13 heavy (non-hydrogen) atoms. The summed E-state index contributed by atoms with van der Waals surface area (Å²) in [5.74, 6) is -0.978. The van der Waals surface area contributed by atoms with Gasteiger partial charge in [-0.15, -0.1) is 0 Å². The van der Waals surface area contributed by atoms with E-state index in [-0.39, 0.29) is 29.6 Å². The molecular formula is C9H16NNaO2. The molecule has 0 bridgehead atoms. The molecule has 0 saturated heterocycles. The Balaban J connectivity index is 0. The number of carboxylic acids is 1. The number of nitrogens with zero attached hydrogens (tertiary/aromatic N) is 1. The maximum absolute atomic E-state index is 10.8. The Bertz CT molecular complexity index is 192. The second-order valence-corrected chi connectivity index (χ2v) is 3.00. The number of aliphatic carboxylic acids is 1. The van der Waals surface area contributed by atoms with E-state index in [0.29, 0.717) is 12.8 Å². The summed E-state index contributed by atoms with van der Waals surface area (Å²) in [4.78, 5) is 10.8. The van der Waals surface area contributed by atoms with Crippen molar-refractivity contribution in [2.24, 2.45) is 5.41 Å². The fourth-order valence-electron chi connectivity index (χ4n) is 1.35. The van der Waals surface area contributed by atoms with Gasteiger partial charge in [0.15, 0.2) is 5.41 Å². The Morgan fingerprint density at radius 3 is 1.92 bits per heavy atom. The van der Waals surface area contributed by atoms with Crippen LogP contribution in [-0.4, -0.2) is 40.6 Å². The van der Waals surface area contributed by atoms with E-state index in [4.69, 9.17) is 10.4 Å². The van der Waals surface area contributed by atoms with E-state index in [1.807, 2.05) is 19.9 Å². The van der Waals surface area contributed by atoms with Gasteiger partial charge in [-0.1, -0.05) is 26.7 Å². The van der Waals surface area contributed by atoms with Crippen molar-refractivity contribution < 1.29 is 9.90 Å². The SMILES string of the molecule is CCCC(C#N)(CCC)C(=O)O.[NaH]. The molecule has 0 saturated carbocycles. The fourth-order valence-corrected chi connectivity index (χ4v) is 1.35. The van der Waals surface area contributed by atoms with Gasteiger partial charge in [0, 0.05) is 0 Å². The molecule has 0 heterocycles. The molecule has 0 spiro atoms. The van der Waals surface area contributed by atoms with Crippen molar-refractivity contribution in [1.82, 2.24) is 0 Å². The Labute approximate surface area is 101 Å². The molecular weight excluding hydrogens is 177 g/mol. The average Bonchev–Trinajstić information content (AvgIpc) is 2.03. The molecule has 0 aliphatic carbocycles. The topological polar surface area (TPSA) is 61.1 Å². The van der Waals surface area contributed by atoms with E-state index in [1.54, 1.807) is 0 Å². The molecule has 0 fully saturated rings. The first-order chi connectivity index (χ1) is 5.63. The molecule has 0 radical (unpaired) electrons. The van der Waals surface area contributed by atoms with Crippen molar-refractivity contribution in [3.8, 4) is 6.07 Å². The van der Waals surface area contributed by atoms with Crippen molar-refractivity contribution in [1.29, 1.82) is 5.26 Å². The molecule has 0 aliphatic heterocycles. The molecule has 0 aromatic rings. The third kappa shape index (κ3) is 4.12. The zero-order valence-corrected chi connectivity index (χ0v) is 7.63. The first kappa shape index (κ1) is 15.4. The Kier molecular flexibility index (Phi) is 8.75. The maximum atomic E-state index is 10.8. The van der Waals surface area contributed by atoms with Crippen LogP contribution in [0, 0.1) is 16.7 Å². The quantitative estimate of drug-likeness (QED) is 0.673. The van der Waals surface area contributed by atoms with Crippen LogP contribution < -0.4 is 0 Å². The first-order valence-electron chi connectivity index (χ1n) is 4.27. The van der Waals surface area contributed by atoms with Gasteiger partial charge in [-0.05, 0) is 12.8 Å². The molecule has 3 nitrogen and oxygen atoms in total. The number of carbonyl (C=O) groups is 1. The van der Waals surface area contributed by atoms with Crippen LogP contribution in [-0.2, 0) is 4.79 Å². The molecule has 70 valence electrons. The molecule has 0 unspecified atom stereocenters. The van der Waals surface area contributed by atoms with Crippen molar-refractivity contribution in [2.75, 3.05) is 0 Å². The summed E-state index contributed by atoms with van der Waals surface area (Å²) >= 11 is 0. The van der Waals surface area contributed by atoms with Crippen molar-refractivity contribution >= 4 is 35.5 Å². The number of rotatable bonds is 5. The van der Waals surface area contributed by atoms with Crippen LogP contribution in [0.25, 0.3) is 0 Å². The summed E-state index contributed by atoms with van der Waals surface area (Å²) in [7, 11) is 0. The van der Waals surface area contributed by atoms with E-state index < -0.39 is 11.4 Å². The van der Waals surface area contributed by atoms with Gasteiger partial charge < -0.3 is 5.11 Å². The van der Waals surface area contributed by atoms with E-state index >= 15 is 0 Å². The molecule has 0 aromatic heterocycles. The van der Waals surface area contributed by atoms with Crippen LogP contribution in [0.15, 0.2) is 0 Å². The number of hydrogen-bond donors (Lipinski definition) is 1. The Hall–Kier alpha value is -0.0400. The van der Waals surface area contributed by atoms with Crippen molar-refractivity contribution in [2.45, 2.75) is 39.5 Å². The molecule has 0 atom stereocenters. The van der Waals surface area contributed by atoms with Crippen molar-refractivity contribution in [3.05, 3.63) is 0 Å². The van der Waals surface area contributed by atoms with Gasteiger partial charge in [0.2, 0.25) is 0 Å². The van der Waals surface area contributed by atoms with Crippen LogP contribution in [0.5, 0.6) is 0 Å². The van der Waals surface area contributed by atoms with Gasteiger partial charge in [0.05, 0.1) is 6.07 Å². The normalized spacial score (nSPS) is 9.92.